The lowest BCUT2D eigenvalue weighted by Crippen LogP contribution is -2.15. The predicted octanol–water partition coefficient (Wildman–Crippen LogP) is 3.53. The number of hydrogen-bond acceptors (Lipinski definition) is 4. The number of para-hydroxylation sites is 1. The molecule has 0 aliphatic rings. The van der Waals surface area contributed by atoms with Crippen molar-refractivity contribution in [1.82, 2.24) is 4.57 Å². The number of ketones is 1. The van der Waals surface area contributed by atoms with E-state index in [0.717, 1.165) is 5.69 Å². The molecule has 0 aliphatic heterocycles. The van der Waals surface area contributed by atoms with Crippen LogP contribution >= 0.6 is 0 Å². The fourth-order valence-electron chi connectivity index (χ4n) is 2.44. The molecule has 0 amide bonds. The van der Waals surface area contributed by atoms with Crippen molar-refractivity contribution in [2.75, 3.05) is 13.7 Å². The number of methoxy groups -OCH3 is 1. The quantitative estimate of drug-likeness (QED) is 0.511. The number of carbonyl (C=O) groups excluding carboxylic acids is 2. The molecule has 0 aliphatic carbocycles. The molecule has 2 aromatic carbocycles. The summed E-state index contributed by atoms with van der Waals surface area (Å²) >= 11 is 0. The van der Waals surface area contributed by atoms with Crippen LogP contribution in [-0.4, -0.2) is 30.0 Å². The Balaban J connectivity index is 1.63. The molecule has 0 atom stereocenters. The molecule has 0 radical (unpaired) electrons. The summed E-state index contributed by atoms with van der Waals surface area (Å²) in [6.45, 7) is -0.335. The zero-order chi connectivity index (χ0) is 17.6. The minimum Gasteiger partial charge on any atom is -0.496 e. The van der Waals surface area contributed by atoms with Crippen molar-refractivity contribution in [2.45, 2.75) is 0 Å². The number of carbonyl (C=O) groups is 2. The third kappa shape index (κ3) is 3.77. The average Bonchev–Trinajstić information content (AvgIpc) is 3.20. The van der Waals surface area contributed by atoms with E-state index in [1.807, 2.05) is 41.2 Å². The van der Waals surface area contributed by atoms with Gasteiger partial charge in [0.2, 0.25) is 5.78 Å². The molecular formula is C20H17NO4. The molecule has 0 unspecified atom stereocenters. The highest BCUT2D eigenvalue weighted by Gasteiger charge is 2.15. The van der Waals surface area contributed by atoms with Gasteiger partial charge >= 0.3 is 5.97 Å². The van der Waals surface area contributed by atoms with E-state index >= 15 is 0 Å². The Bertz CT molecular complexity index is 867. The Hall–Kier alpha value is -3.34. The number of aromatic nitrogens is 1. The van der Waals surface area contributed by atoms with Crippen LogP contribution in [0.4, 0.5) is 0 Å². The van der Waals surface area contributed by atoms with Crippen LogP contribution in [0.2, 0.25) is 0 Å². The highest BCUT2D eigenvalue weighted by molar-refractivity contribution is 6.01. The van der Waals surface area contributed by atoms with Crippen LogP contribution in [0.5, 0.6) is 5.75 Å². The maximum absolute atomic E-state index is 12.2. The van der Waals surface area contributed by atoms with Gasteiger partial charge in [0.15, 0.2) is 6.61 Å². The van der Waals surface area contributed by atoms with Crippen molar-refractivity contribution >= 4 is 11.8 Å². The zero-order valence-corrected chi connectivity index (χ0v) is 13.7. The van der Waals surface area contributed by atoms with Crippen molar-refractivity contribution in [3.8, 4) is 11.4 Å². The van der Waals surface area contributed by atoms with Gasteiger partial charge in [-0.05, 0) is 48.5 Å². The van der Waals surface area contributed by atoms with Crippen LogP contribution < -0.4 is 4.74 Å². The van der Waals surface area contributed by atoms with E-state index in [0.29, 0.717) is 16.9 Å². The van der Waals surface area contributed by atoms with Gasteiger partial charge in [-0.1, -0.05) is 12.1 Å². The van der Waals surface area contributed by atoms with Crippen LogP contribution in [0.1, 0.15) is 20.7 Å². The van der Waals surface area contributed by atoms with Gasteiger partial charge in [0, 0.05) is 18.1 Å². The first-order valence-corrected chi connectivity index (χ1v) is 7.76. The largest absolute Gasteiger partial charge is 0.496 e. The van der Waals surface area contributed by atoms with E-state index in [1.54, 1.807) is 36.4 Å². The van der Waals surface area contributed by atoms with Crippen molar-refractivity contribution in [3.05, 3.63) is 84.2 Å². The van der Waals surface area contributed by atoms with Crippen molar-refractivity contribution in [2.24, 2.45) is 0 Å². The molecule has 5 nitrogen and oxygen atoms in total. The lowest BCUT2D eigenvalue weighted by Gasteiger charge is -2.08. The molecule has 0 N–H and O–H groups in total. The third-order valence-electron chi connectivity index (χ3n) is 3.75. The van der Waals surface area contributed by atoms with Gasteiger partial charge in [0.1, 0.15) is 5.75 Å². The first kappa shape index (κ1) is 16.5. The molecule has 3 rings (SSSR count). The van der Waals surface area contributed by atoms with Gasteiger partial charge in [0.25, 0.3) is 0 Å². The Labute approximate surface area is 145 Å². The average molecular weight is 335 g/mol. The number of rotatable bonds is 6. The summed E-state index contributed by atoms with van der Waals surface area (Å²) in [5.41, 5.74) is 1.72. The van der Waals surface area contributed by atoms with Crippen LogP contribution in [-0.2, 0) is 4.74 Å². The number of nitrogens with zero attached hydrogens (tertiary/aromatic N) is 1. The van der Waals surface area contributed by atoms with Crippen molar-refractivity contribution in [1.29, 1.82) is 0 Å². The number of Topliss-reactive ketones (excluding diaryl/α,β-unsaturated/α-hetero) is 1. The third-order valence-corrected chi connectivity index (χ3v) is 3.75. The minimum atomic E-state index is -0.540. The van der Waals surface area contributed by atoms with E-state index in [-0.39, 0.29) is 12.4 Å². The Morgan fingerprint density at radius 3 is 2.28 bits per heavy atom. The van der Waals surface area contributed by atoms with Crippen LogP contribution in [0.25, 0.3) is 5.69 Å². The van der Waals surface area contributed by atoms with Crippen LogP contribution in [0.15, 0.2) is 73.1 Å². The van der Waals surface area contributed by atoms with Gasteiger partial charge in [-0.3, -0.25) is 4.79 Å². The lowest BCUT2D eigenvalue weighted by atomic mass is 10.1. The zero-order valence-electron chi connectivity index (χ0n) is 13.7. The summed E-state index contributed by atoms with van der Waals surface area (Å²) in [6, 6.07) is 17.7. The molecule has 0 bridgehead atoms. The Kier molecular flexibility index (Phi) is 4.95. The lowest BCUT2D eigenvalue weighted by molar-refractivity contribution is 0.0474. The standard InChI is InChI=1S/C20H17NO4/c1-24-19-7-3-2-6-17(19)18(22)14-25-20(23)15-8-10-16(11-9-15)21-12-4-5-13-21/h2-13H,14H2,1H3. The summed E-state index contributed by atoms with van der Waals surface area (Å²) in [6.07, 6.45) is 3.83. The SMILES string of the molecule is COc1ccccc1C(=O)COC(=O)c1ccc(-n2cccc2)cc1. The van der Waals surface area contributed by atoms with E-state index in [1.165, 1.54) is 7.11 Å². The van der Waals surface area contributed by atoms with Gasteiger partial charge < -0.3 is 14.0 Å². The number of benzene rings is 2. The minimum absolute atomic E-state index is 0.310. The van der Waals surface area contributed by atoms with E-state index in [2.05, 4.69) is 0 Å². The molecule has 1 heterocycles. The fraction of sp³-hybridized carbons (Fsp3) is 0.100. The molecule has 3 aromatic rings. The number of esters is 1. The van der Waals surface area contributed by atoms with Gasteiger partial charge in [0.05, 0.1) is 18.2 Å². The second kappa shape index (κ2) is 7.49. The molecule has 126 valence electrons. The molecule has 1 aromatic heterocycles. The Morgan fingerprint density at radius 1 is 0.920 bits per heavy atom. The molecule has 0 saturated heterocycles. The van der Waals surface area contributed by atoms with Crippen LogP contribution in [0, 0.1) is 0 Å². The molecule has 5 heteroatoms. The monoisotopic (exact) mass is 335 g/mol. The fourth-order valence-corrected chi connectivity index (χ4v) is 2.44. The summed E-state index contributed by atoms with van der Waals surface area (Å²) in [7, 11) is 1.49. The molecular weight excluding hydrogens is 318 g/mol. The second-order valence-electron chi connectivity index (χ2n) is 5.34. The van der Waals surface area contributed by atoms with Crippen LogP contribution in [0.3, 0.4) is 0 Å². The summed E-state index contributed by atoms with van der Waals surface area (Å²) in [5, 5.41) is 0. The van der Waals surface area contributed by atoms with Gasteiger partial charge in [-0.2, -0.15) is 0 Å². The first-order chi connectivity index (χ1) is 12.2. The van der Waals surface area contributed by atoms with Gasteiger partial charge in [-0.15, -0.1) is 0 Å². The van der Waals surface area contributed by atoms with Crippen molar-refractivity contribution in [3.63, 3.8) is 0 Å². The maximum Gasteiger partial charge on any atom is 0.338 e. The Morgan fingerprint density at radius 2 is 1.60 bits per heavy atom. The summed E-state index contributed by atoms with van der Waals surface area (Å²) < 4.78 is 12.2. The number of ether oxygens (including phenoxy) is 2. The summed E-state index contributed by atoms with van der Waals surface area (Å²) in [4.78, 5) is 24.3. The molecule has 0 saturated carbocycles. The smallest absolute Gasteiger partial charge is 0.338 e. The van der Waals surface area contributed by atoms with E-state index in [9.17, 15) is 9.59 Å². The normalized spacial score (nSPS) is 10.3. The number of hydrogen-bond donors (Lipinski definition) is 0. The molecule has 0 spiro atoms. The van der Waals surface area contributed by atoms with E-state index < -0.39 is 5.97 Å². The summed E-state index contributed by atoms with van der Waals surface area (Å²) in [5.74, 6) is -0.392. The molecule has 0 fully saturated rings. The highest BCUT2D eigenvalue weighted by Crippen LogP contribution is 2.18. The second-order valence-corrected chi connectivity index (χ2v) is 5.34. The predicted molar refractivity (Wildman–Crippen MR) is 93.4 cm³/mol. The van der Waals surface area contributed by atoms with Crippen molar-refractivity contribution < 1.29 is 19.1 Å². The topological polar surface area (TPSA) is 57.5 Å². The van der Waals surface area contributed by atoms with Gasteiger partial charge in [-0.25, -0.2) is 4.79 Å². The maximum atomic E-state index is 12.2. The van der Waals surface area contributed by atoms with E-state index in [4.69, 9.17) is 9.47 Å². The first-order valence-electron chi connectivity index (χ1n) is 7.76. The highest BCUT2D eigenvalue weighted by atomic mass is 16.5. The molecule has 25 heavy (non-hydrogen) atoms.